The van der Waals surface area contributed by atoms with Crippen molar-refractivity contribution < 1.29 is 8.78 Å². The van der Waals surface area contributed by atoms with Crippen molar-refractivity contribution in [2.45, 2.75) is 6.42 Å². The summed E-state index contributed by atoms with van der Waals surface area (Å²) in [4.78, 5) is 2.30. The maximum atomic E-state index is 13.3. The molecule has 1 heterocycles. The number of nitrogens with one attached hydrogen (secondary N) is 1. The first-order valence-corrected chi connectivity index (χ1v) is 6.52. The van der Waals surface area contributed by atoms with Gasteiger partial charge in [0.15, 0.2) is 0 Å². The van der Waals surface area contributed by atoms with Crippen molar-refractivity contribution >= 4 is 15.9 Å². The van der Waals surface area contributed by atoms with Crippen LogP contribution in [0.15, 0.2) is 16.6 Å². The maximum absolute atomic E-state index is 13.3. The molecule has 0 aliphatic carbocycles. The van der Waals surface area contributed by atoms with Gasteiger partial charge in [-0.05, 0) is 40.0 Å². The molecule has 1 aromatic carbocycles. The Morgan fingerprint density at radius 1 is 1.18 bits per heavy atom. The molecule has 5 heteroatoms. The molecule has 94 valence electrons. The normalized spacial score (nSPS) is 17.4. The summed E-state index contributed by atoms with van der Waals surface area (Å²) < 4.78 is 26.5. The van der Waals surface area contributed by atoms with Crippen molar-refractivity contribution in [3.63, 3.8) is 0 Å². The molecule has 17 heavy (non-hydrogen) atoms. The molecule has 1 fully saturated rings. The van der Waals surface area contributed by atoms with E-state index in [0.717, 1.165) is 32.7 Å². The van der Waals surface area contributed by atoms with Crippen molar-refractivity contribution in [3.05, 3.63) is 33.8 Å². The Balaban J connectivity index is 1.94. The molecule has 2 nitrogen and oxygen atoms in total. The van der Waals surface area contributed by atoms with Gasteiger partial charge in [-0.25, -0.2) is 8.78 Å². The lowest BCUT2D eigenvalue weighted by atomic mass is 10.1. The SMILES string of the molecule is Fc1cc(CCN2CCNCC2)cc(F)c1Br. The predicted molar refractivity (Wildman–Crippen MR) is 67.1 cm³/mol. The second kappa shape index (κ2) is 5.89. The second-order valence-electron chi connectivity index (χ2n) is 4.22. The Labute approximate surface area is 108 Å². The van der Waals surface area contributed by atoms with E-state index in [9.17, 15) is 8.78 Å². The van der Waals surface area contributed by atoms with E-state index < -0.39 is 11.6 Å². The van der Waals surface area contributed by atoms with Crippen LogP contribution in [0, 0.1) is 11.6 Å². The summed E-state index contributed by atoms with van der Waals surface area (Å²) in [7, 11) is 0. The summed E-state index contributed by atoms with van der Waals surface area (Å²) in [5.74, 6) is -1.05. The molecule has 1 aliphatic rings. The van der Waals surface area contributed by atoms with Gasteiger partial charge in [0.05, 0.1) is 4.47 Å². The highest BCUT2D eigenvalue weighted by Crippen LogP contribution is 2.21. The van der Waals surface area contributed by atoms with Crippen molar-refractivity contribution in [2.24, 2.45) is 0 Å². The number of halogens is 3. The van der Waals surface area contributed by atoms with E-state index in [1.807, 2.05) is 0 Å². The molecule has 0 spiro atoms. The monoisotopic (exact) mass is 304 g/mol. The second-order valence-corrected chi connectivity index (χ2v) is 5.01. The topological polar surface area (TPSA) is 15.3 Å². The standard InChI is InChI=1S/C12H15BrF2N2/c13-12-10(14)7-9(8-11(12)15)1-4-17-5-2-16-3-6-17/h7-8,16H,1-6H2. The lowest BCUT2D eigenvalue weighted by Crippen LogP contribution is -2.44. The largest absolute Gasteiger partial charge is 0.314 e. The molecule has 0 radical (unpaired) electrons. The van der Waals surface area contributed by atoms with Gasteiger partial charge in [0.1, 0.15) is 11.6 Å². The van der Waals surface area contributed by atoms with Gasteiger partial charge in [0, 0.05) is 32.7 Å². The van der Waals surface area contributed by atoms with Crippen LogP contribution in [-0.2, 0) is 6.42 Å². The zero-order valence-corrected chi connectivity index (χ0v) is 11.1. The Bertz CT molecular complexity index is 369. The molecule has 1 aromatic rings. The summed E-state index contributed by atoms with van der Waals surface area (Å²) in [5, 5.41) is 3.27. The summed E-state index contributed by atoms with van der Waals surface area (Å²) >= 11 is 2.87. The average molecular weight is 305 g/mol. The summed E-state index contributed by atoms with van der Waals surface area (Å²) in [6.07, 6.45) is 0.682. The fraction of sp³-hybridized carbons (Fsp3) is 0.500. The van der Waals surface area contributed by atoms with Crippen LogP contribution in [0.2, 0.25) is 0 Å². The van der Waals surface area contributed by atoms with Crippen LogP contribution in [0.25, 0.3) is 0 Å². The zero-order valence-electron chi connectivity index (χ0n) is 9.48. The van der Waals surface area contributed by atoms with Crippen LogP contribution in [0.1, 0.15) is 5.56 Å². The van der Waals surface area contributed by atoms with Crippen molar-refractivity contribution in [2.75, 3.05) is 32.7 Å². The van der Waals surface area contributed by atoms with E-state index in [4.69, 9.17) is 0 Å². The van der Waals surface area contributed by atoms with Gasteiger partial charge in [0.25, 0.3) is 0 Å². The van der Waals surface area contributed by atoms with Gasteiger partial charge < -0.3 is 10.2 Å². The molecule has 0 atom stereocenters. The minimum Gasteiger partial charge on any atom is -0.314 e. The molecule has 0 unspecified atom stereocenters. The van der Waals surface area contributed by atoms with Crippen LogP contribution in [0.4, 0.5) is 8.78 Å². The van der Waals surface area contributed by atoms with E-state index in [1.54, 1.807) is 0 Å². The van der Waals surface area contributed by atoms with Crippen molar-refractivity contribution in [3.8, 4) is 0 Å². The highest BCUT2D eigenvalue weighted by Gasteiger charge is 2.11. The van der Waals surface area contributed by atoms with Crippen LogP contribution in [-0.4, -0.2) is 37.6 Å². The smallest absolute Gasteiger partial charge is 0.140 e. The predicted octanol–water partition coefficient (Wildman–Crippen LogP) is 2.17. The highest BCUT2D eigenvalue weighted by atomic mass is 79.9. The molecular weight excluding hydrogens is 290 g/mol. The number of hydrogen-bond acceptors (Lipinski definition) is 2. The van der Waals surface area contributed by atoms with E-state index in [2.05, 4.69) is 26.1 Å². The molecule has 1 aliphatic heterocycles. The fourth-order valence-corrected chi connectivity index (χ4v) is 2.20. The number of piperazine rings is 1. The van der Waals surface area contributed by atoms with Crippen LogP contribution in [0.5, 0.6) is 0 Å². The van der Waals surface area contributed by atoms with Gasteiger partial charge in [-0.1, -0.05) is 0 Å². The molecule has 2 rings (SSSR count). The Morgan fingerprint density at radius 2 is 1.76 bits per heavy atom. The van der Waals surface area contributed by atoms with E-state index in [0.29, 0.717) is 12.0 Å². The van der Waals surface area contributed by atoms with Gasteiger partial charge in [-0.2, -0.15) is 0 Å². The van der Waals surface area contributed by atoms with Crippen molar-refractivity contribution in [1.29, 1.82) is 0 Å². The molecule has 0 aromatic heterocycles. The maximum Gasteiger partial charge on any atom is 0.140 e. The molecule has 0 amide bonds. The third-order valence-corrected chi connectivity index (χ3v) is 3.73. The quantitative estimate of drug-likeness (QED) is 0.861. The number of nitrogens with zero attached hydrogens (tertiary/aromatic N) is 1. The first-order valence-electron chi connectivity index (χ1n) is 5.73. The van der Waals surface area contributed by atoms with E-state index in [1.165, 1.54) is 12.1 Å². The molecule has 0 saturated carbocycles. The van der Waals surface area contributed by atoms with E-state index >= 15 is 0 Å². The summed E-state index contributed by atoms with van der Waals surface area (Å²) in [5.41, 5.74) is 0.710. The van der Waals surface area contributed by atoms with E-state index in [-0.39, 0.29) is 4.47 Å². The van der Waals surface area contributed by atoms with Crippen molar-refractivity contribution in [1.82, 2.24) is 10.2 Å². The number of hydrogen-bond donors (Lipinski definition) is 1. The first-order chi connectivity index (χ1) is 8.16. The average Bonchev–Trinajstić information content (AvgIpc) is 2.34. The first kappa shape index (κ1) is 12.9. The van der Waals surface area contributed by atoms with Crippen LogP contribution < -0.4 is 5.32 Å². The third kappa shape index (κ3) is 3.47. The Kier molecular flexibility index (Phi) is 4.48. The Hall–Kier alpha value is -0.520. The zero-order chi connectivity index (χ0) is 12.3. The number of rotatable bonds is 3. The number of benzene rings is 1. The minimum atomic E-state index is -0.527. The van der Waals surface area contributed by atoms with Gasteiger partial charge >= 0.3 is 0 Å². The van der Waals surface area contributed by atoms with Gasteiger partial charge in [0.2, 0.25) is 0 Å². The molecule has 0 bridgehead atoms. The summed E-state index contributed by atoms with van der Waals surface area (Å²) in [6, 6.07) is 2.80. The van der Waals surface area contributed by atoms with Crippen LogP contribution in [0.3, 0.4) is 0 Å². The lowest BCUT2D eigenvalue weighted by Gasteiger charge is -2.27. The van der Waals surface area contributed by atoms with Gasteiger partial charge in [-0.3, -0.25) is 0 Å². The molecule has 1 N–H and O–H groups in total. The lowest BCUT2D eigenvalue weighted by molar-refractivity contribution is 0.243. The third-order valence-electron chi connectivity index (χ3n) is 2.97. The fourth-order valence-electron chi connectivity index (χ4n) is 1.97. The van der Waals surface area contributed by atoms with Crippen LogP contribution >= 0.6 is 15.9 Å². The van der Waals surface area contributed by atoms with Gasteiger partial charge in [-0.15, -0.1) is 0 Å². The molecule has 1 saturated heterocycles. The molecular formula is C12H15BrF2N2. The minimum absolute atomic E-state index is 0.0802. The Morgan fingerprint density at radius 3 is 2.35 bits per heavy atom. The highest BCUT2D eigenvalue weighted by molar-refractivity contribution is 9.10. The summed E-state index contributed by atoms with van der Waals surface area (Å²) in [6.45, 7) is 4.83.